The van der Waals surface area contributed by atoms with Crippen LogP contribution in [-0.2, 0) is 0 Å². The Hall–Kier alpha value is -2.40. The summed E-state index contributed by atoms with van der Waals surface area (Å²) in [4.78, 5) is 0. The van der Waals surface area contributed by atoms with Crippen LogP contribution in [0.5, 0.6) is 11.5 Å². The second kappa shape index (κ2) is 6.36. The van der Waals surface area contributed by atoms with Crippen LogP contribution in [0.1, 0.15) is 5.56 Å². The van der Waals surface area contributed by atoms with Gasteiger partial charge in [-0.05, 0) is 24.3 Å². The topological polar surface area (TPSA) is 18.5 Å². The van der Waals surface area contributed by atoms with E-state index < -0.39 is 0 Å². The smallest absolute Gasteiger partial charge is 0.162 e. The van der Waals surface area contributed by atoms with Crippen molar-refractivity contribution >= 4 is 0 Å². The monoisotopic (exact) mass is 238 g/mol. The van der Waals surface area contributed by atoms with E-state index in [0.29, 0.717) is 12.4 Å². The van der Waals surface area contributed by atoms with Crippen molar-refractivity contribution in [2.75, 3.05) is 13.7 Å². The number of ether oxygens (including phenoxy) is 2. The van der Waals surface area contributed by atoms with Gasteiger partial charge in [0.2, 0.25) is 0 Å². The van der Waals surface area contributed by atoms with Gasteiger partial charge >= 0.3 is 0 Å². The maximum absolute atomic E-state index is 5.55. The molecule has 2 aromatic rings. The van der Waals surface area contributed by atoms with E-state index in [1.54, 1.807) is 7.11 Å². The molecule has 0 saturated carbocycles. The quantitative estimate of drug-likeness (QED) is 0.765. The maximum Gasteiger partial charge on any atom is 0.162 e. The van der Waals surface area contributed by atoms with Crippen LogP contribution in [0.4, 0.5) is 0 Å². The van der Waals surface area contributed by atoms with E-state index in [1.807, 2.05) is 54.6 Å². The summed E-state index contributed by atoms with van der Waals surface area (Å²) >= 11 is 0. The summed E-state index contributed by atoms with van der Waals surface area (Å²) in [7, 11) is 1.62. The normalized spacial score (nSPS) is 9.17. The molecular weight excluding hydrogens is 224 g/mol. The Bertz CT molecular complexity index is 550. The number of para-hydroxylation sites is 2. The van der Waals surface area contributed by atoms with Crippen molar-refractivity contribution < 1.29 is 9.47 Å². The second-order valence-corrected chi connectivity index (χ2v) is 3.61. The first-order valence-corrected chi connectivity index (χ1v) is 5.70. The lowest BCUT2D eigenvalue weighted by Crippen LogP contribution is -1.96. The van der Waals surface area contributed by atoms with E-state index >= 15 is 0 Å². The Kier molecular flexibility index (Phi) is 4.27. The Morgan fingerprint density at radius 2 is 1.56 bits per heavy atom. The van der Waals surface area contributed by atoms with Gasteiger partial charge in [-0.1, -0.05) is 42.2 Å². The van der Waals surface area contributed by atoms with E-state index in [9.17, 15) is 0 Å². The van der Waals surface area contributed by atoms with E-state index in [4.69, 9.17) is 9.47 Å². The third kappa shape index (κ3) is 3.29. The fourth-order valence-electron chi connectivity index (χ4n) is 1.51. The van der Waals surface area contributed by atoms with Crippen LogP contribution in [0.2, 0.25) is 0 Å². The number of benzene rings is 2. The summed E-state index contributed by atoms with van der Waals surface area (Å²) in [5, 5.41) is 0. The van der Waals surface area contributed by atoms with Crippen LogP contribution >= 0.6 is 0 Å². The van der Waals surface area contributed by atoms with Crippen molar-refractivity contribution in [2.45, 2.75) is 0 Å². The Morgan fingerprint density at radius 3 is 2.28 bits per heavy atom. The number of rotatable bonds is 3. The molecule has 2 aromatic carbocycles. The van der Waals surface area contributed by atoms with Crippen molar-refractivity contribution in [1.29, 1.82) is 0 Å². The van der Waals surface area contributed by atoms with E-state index in [0.717, 1.165) is 11.3 Å². The predicted molar refractivity (Wildman–Crippen MR) is 71.8 cm³/mol. The van der Waals surface area contributed by atoms with Gasteiger partial charge in [0, 0.05) is 5.56 Å². The first-order valence-electron chi connectivity index (χ1n) is 5.70. The molecule has 0 amide bonds. The standard InChI is InChI=1S/C16H14O2/c1-17-15-11-5-6-12-16(15)18-13-7-10-14-8-3-2-4-9-14/h2-6,8-9,11-12H,13H2,1H3. The maximum atomic E-state index is 5.55. The molecule has 0 aliphatic carbocycles. The minimum absolute atomic E-state index is 0.343. The van der Waals surface area contributed by atoms with Gasteiger partial charge in [-0.3, -0.25) is 0 Å². The largest absolute Gasteiger partial charge is 0.493 e. The molecule has 0 N–H and O–H groups in total. The van der Waals surface area contributed by atoms with Crippen molar-refractivity contribution in [3.05, 3.63) is 60.2 Å². The SMILES string of the molecule is COc1ccccc1OCC#Cc1ccccc1. The summed E-state index contributed by atoms with van der Waals surface area (Å²) < 4.78 is 10.7. The van der Waals surface area contributed by atoms with Crippen LogP contribution < -0.4 is 9.47 Å². The fourth-order valence-corrected chi connectivity index (χ4v) is 1.51. The van der Waals surface area contributed by atoms with Crippen LogP contribution in [0.3, 0.4) is 0 Å². The van der Waals surface area contributed by atoms with Crippen molar-refractivity contribution in [2.24, 2.45) is 0 Å². The second-order valence-electron chi connectivity index (χ2n) is 3.61. The highest BCUT2D eigenvalue weighted by Crippen LogP contribution is 2.25. The molecule has 2 nitrogen and oxygen atoms in total. The molecule has 0 atom stereocenters. The van der Waals surface area contributed by atoms with Crippen molar-refractivity contribution in [3.63, 3.8) is 0 Å². The van der Waals surface area contributed by atoms with Crippen LogP contribution in [0, 0.1) is 11.8 Å². The molecule has 0 saturated heterocycles. The molecule has 90 valence electrons. The van der Waals surface area contributed by atoms with Gasteiger partial charge in [0.1, 0.15) is 6.61 Å². The van der Waals surface area contributed by atoms with E-state index in [2.05, 4.69) is 11.8 Å². The lowest BCUT2D eigenvalue weighted by Gasteiger charge is -2.07. The highest BCUT2D eigenvalue weighted by atomic mass is 16.5. The van der Waals surface area contributed by atoms with E-state index in [1.165, 1.54) is 0 Å². The first-order chi connectivity index (χ1) is 8.90. The highest BCUT2D eigenvalue weighted by Gasteiger charge is 2.00. The minimum atomic E-state index is 0.343. The molecular formula is C16H14O2. The molecule has 2 heteroatoms. The van der Waals surface area contributed by atoms with Crippen molar-refractivity contribution in [1.82, 2.24) is 0 Å². The zero-order chi connectivity index (χ0) is 12.6. The first kappa shape index (κ1) is 12.1. The summed E-state index contributed by atoms with van der Waals surface area (Å²) in [5.41, 5.74) is 0.987. The number of hydrogen-bond donors (Lipinski definition) is 0. The third-order valence-electron chi connectivity index (χ3n) is 2.38. The highest BCUT2D eigenvalue weighted by molar-refractivity contribution is 5.40. The molecule has 0 aliphatic rings. The van der Waals surface area contributed by atoms with Gasteiger partial charge in [0.05, 0.1) is 7.11 Å². The molecule has 0 aromatic heterocycles. The molecule has 0 unspecified atom stereocenters. The third-order valence-corrected chi connectivity index (χ3v) is 2.38. The lowest BCUT2D eigenvalue weighted by molar-refractivity contribution is 0.331. The van der Waals surface area contributed by atoms with Crippen molar-refractivity contribution in [3.8, 4) is 23.3 Å². The molecule has 2 rings (SSSR count). The molecule has 0 bridgehead atoms. The zero-order valence-corrected chi connectivity index (χ0v) is 10.2. The minimum Gasteiger partial charge on any atom is -0.493 e. The number of methoxy groups -OCH3 is 1. The summed E-state index contributed by atoms with van der Waals surface area (Å²) in [6.45, 7) is 0.343. The average Bonchev–Trinajstić information content (AvgIpc) is 2.45. The fraction of sp³-hybridized carbons (Fsp3) is 0.125. The van der Waals surface area contributed by atoms with Gasteiger partial charge < -0.3 is 9.47 Å². The van der Waals surface area contributed by atoms with Crippen LogP contribution in [0.15, 0.2) is 54.6 Å². The van der Waals surface area contributed by atoms with E-state index in [-0.39, 0.29) is 0 Å². The zero-order valence-electron chi connectivity index (χ0n) is 10.2. The average molecular weight is 238 g/mol. The molecule has 0 spiro atoms. The van der Waals surface area contributed by atoms with Gasteiger partial charge in [-0.15, -0.1) is 0 Å². The molecule has 0 radical (unpaired) electrons. The Balaban J connectivity index is 1.95. The molecule has 18 heavy (non-hydrogen) atoms. The Morgan fingerprint density at radius 1 is 0.889 bits per heavy atom. The van der Waals surface area contributed by atoms with Gasteiger partial charge in [0.15, 0.2) is 11.5 Å². The molecule has 0 heterocycles. The van der Waals surface area contributed by atoms with Gasteiger partial charge in [0.25, 0.3) is 0 Å². The van der Waals surface area contributed by atoms with Crippen LogP contribution in [0.25, 0.3) is 0 Å². The summed E-state index contributed by atoms with van der Waals surface area (Å²) in [6.07, 6.45) is 0. The number of hydrogen-bond acceptors (Lipinski definition) is 2. The molecule has 0 fully saturated rings. The summed E-state index contributed by atoms with van der Waals surface area (Å²) in [6, 6.07) is 17.4. The Labute approximate surface area is 107 Å². The summed E-state index contributed by atoms with van der Waals surface area (Å²) in [5.74, 6) is 7.44. The van der Waals surface area contributed by atoms with Gasteiger partial charge in [-0.2, -0.15) is 0 Å². The predicted octanol–water partition coefficient (Wildman–Crippen LogP) is 3.13. The van der Waals surface area contributed by atoms with Gasteiger partial charge in [-0.25, -0.2) is 0 Å². The molecule has 0 aliphatic heterocycles. The lowest BCUT2D eigenvalue weighted by atomic mass is 10.2. The van der Waals surface area contributed by atoms with Crippen LogP contribution in [-0.4, -0.2) is 13.7 Å².